The van der Waals surface area contributed by atoms with E-state index in [-0.39, 0.29) is 37.3 Å². The fourth-order valence-electron chi connectivity index (χ4n) is 5.07. The van der Waals surface area contributed by atoms with Gasteiger partial charge in [0.25, 0.3) is 0 Å². The zero-order valence-corrected chi connectivity index (χ0v) is 17.1. The summed E-state index contributed by atoms with van der Waals surface area (Å²) in [4.78, 5) is 27.8. The van der Waals surface area contributed by atoms with Crippen LogP contribution in [0.5, 0.6) is 0 Å². The van der Waals surface area contributed by atoms with Crippen molar-refractivity contribution in [2.45, 2.75) is 112 Å². The maximum atomic E-state index is 11.6. The lowest BCUT2D eigenvalue weighted by Crippen LogP contribution is -2.47. The van der Waals surface area contributed by atoms with Crippen molar-refractivity contribution in [3.05, 3.63) is 0 Å². The number of ether oxygens (including phenoxy) is 3. The summed E-state index contributed by atoms with van der Waals surface area (Å²) in [5.41, 5.74) is -1.34. The molecule has 5 fully saturated rings. The monoisotopic (exact) mass is 446 g/mol. The maximum Gasteiger partial charge on any atom is 0.373 e. The molecule has 5 rings (SSSR count). The maximum absolute atomic E-state index is 11.6. The van der Waals surface area contributed by atoms with E-state index in [1.54, 1.807) is 0 Å². The van der Waals surface area contributed by atoms with Gasteiger partial charge in [-0.15, -0.1) is 0 Å². The normalized spacial score (nSPS) is 44.7. The van der Waals surface area contributed by atoms with Crippen LogP contribution in [0.3, 0.4) is 0 Å². The lowest BCUT2D eigenvalue weighted by Gasteiger charge is -2.32. The van der Waals surface area contributed by atoms with Gasteiger partial charge in [0.2, 0.25) is 0 Å². The lowest BCUT2D eigenvalue weighted by molar-refractivity contribution is -0.203. The van der Waals surface area contributed by atoms with Crippen LogP contribution >= 0.6 is 0 Å². The van der Waals surface area contributed by atoms with E-state index >= 15 is 0 Å². The molecule has 2 aliphatic heterocycles. The minimum atomic E-state index is -1.34. The van der Waals surface area contributed by atoms with Gasteiger partial charge in [0.15, 0.2) is 11.4 Å². The number of hydrogen-bond acceptors (Lipinski definition) is 11. The van der Waals surface area contributed by atoms with E-state index in [4.69, 9.17) is 44.2 Å². The number of aliphatic hydroxyl groups is 5. The van der Waals surface area contributed by atoms with Crippen LogP contribution in [-0.4, -0.2) is 91.8 Å². The molecule has 31 heavy (non-hydrogen) atoms. The van der Waals surface area contributed by atoms with Gasteiger partial charge in [0.05, 0.1) is 24.4 Å². The highest BCUT2D eigenvalue weighted by Crippen LogP contribution is 2.49. The summed E-state index contributed by atoms with van der Waals surface area (Å²) < 4.78 is 17.4. The molecule has 1 spiro atoms. The average Bonchev–Trinajstić information content (AvgIpc) is 3.16. The highest BCUT2D eigenvalue weighted by Gasteiger charge is 2.63. The minimum absolute atomic E-state index is 0.151. The summed E-state index contributed by atoms with van der Waals surface area (Å²) in [7, 11) is 0. The molecule has 0 aromatic rings. The third-order valence-corrected chi connectivity index (χ3v) is 6.60. The molecule has 0 amide bonds. The smallest absolute Gasteiger partial charge is 0.373 e. The molecule has 2 bridgehead atoms. The second-order valence-corrected chi connectivity index (χ2v) is 8.93. The molecule has 0 unspecified atom stereocenters. The number of esters is 1. The molecule has 0 aromatic carbocycles. The Bertz CT molecular complexity index is 660. The number of hydrogen-bond donors (Lipinski definition) is 5. The molecule has 3 aliphatic carbocycles. The van der Waals surface area contributed by atoms with Gasteiger partial charge in [-0.25, -0.2) is 4.79 Å². The Labute approximate surface area is 178 Å². The van der Waals surface area contributed by atoms with Crippen molar-refractivity contribution in [2.24, 2.45) is 0 Å². The SMILES string of the molecule is O=C1O[C@@H]2C[C@@]1(O)C[C@H]1OC3(CCCCC3)O[C@@H]21.O=C=O.OC1C[C@@H](O)C(O)[C@H](O)C1. The summed E-state index contributed by atoms with van der Waals surface area (Å²) in [6.07, 6.45) is 2.05. The van der Waals surface area contributed by atoms with Crippen LogP contribution in [0.4, 0.5) is 0 Å². The summed E-state index contributed by atoms with van der Waals surface area (Å²) >= 11 is 0. The second-order valence-electron chi connectivity index (χ2n) is 8.93. The predicted octanol–water partition coefficient (Wildman–Crippen LogP) is -1.48. The van der Waals surface area contributed by atoms with Crippen LogP contribution in [0.25, 0.3) is 0 Å². The van der Waals surface area contributed by atoms with Crippen molar-refractivity contribution < 1.29 is 54.1 Å². The van der Waals surface area contributed by atoms with Gasteiger partial charge in [-0.05, 0) is 12.8 Å². The first-order valence-electron chi connectivity index (χ1n) is 10.6. The van der Waals surface area contributed by atoms with Crippen molar-refractivity contribution in [3.63, 3.8) is 0 Å². The van der Waals surface area contributed by atoms with E-state index in [2.05, 4.69) is 0 Å². The molecule has 5 N–H and O–H groups in total. The van der Waals surface area contributed by atoms with E-state index in [1.165, 1.54) is 6.42 Å². The second kappa shape index (κ2) is 9.60. The van der Waals surface area contributed by atoms with Crippen molar-refractivity contribution in [1.82, 2.24) is 0 Å². The van der Waals surface area contributed by atoms with Crippen LogP contribution in [0.2, 0.25) is 0 Å². The molecule has 3 saturated carbocycles. The van der Waals surface area contributed by atoms with Crippen LogP contribution in [0, 0.1) is 0 Å². The van der Waals surface area contributed by atoms with Gasteiger partial charge in [0.1, 0.15) is 18.3 Å². The molecular formula is C20H30O11. The largest absolute Gasteiger partial charge is 0.457 e. The fraction of sp³-hybridized carbons (Fsp3) is 0.900. The van der Waals surface area contributed by atoms with E-state index in [1.807, 2.05) is 0 Å². The van der Waals surface area contributed by atoms with E-state index in [0.29, 0.717) is 12.8 Å². The fourth-order valence-corrected chi connectivity index (χ4v) is 5.07. The number of aliphatic hydroxyl groups excluding tert-OH is 4. The van der Waals surface area contributed by atoms with Gasteiger partial charge in [0, 0.05) is 38.5 Å². The third-order valence-electron chi connectivity index (χ3n) is 6.60. The molecule has 176 valence electrons. The highest BCUT2D eigenvalue weighted by atomic mass is 16.8. The van der Waals surface area contributed by atoms with Crippen LogP contribution in [0.15, 0.2) is 0 Å². The van der Waals surface area contributed by atoms with Gasteiger partial charge in [-0.3, -0.25) is 0 Å². The first-order chi connectivity index (χ1) is 14.6. The van der Waals surface area contributed by atoms with Crippen molar-refractivity contribution in [3.8, 4) is 0 Å². The first kappa shape index (κ1) is 24.2. The lowest BCUT2D eigenvalue weighted by atomic mass is 9.82. The molecule has 5 aliphatic rings. The van der Waals surface area contributed by atoms with Crippen LogP contribution in [-0.2, 0) is 28.6 Å². The van der Waals surface area contributed by atoms with Crippen molar-refractivity contribution >= 4 is 12.1 Å². The molecule has 0 radical (unpaired) electrons. The van der Waals surface area contributed by atoms with Gasteiger partial charge >= 0.3 is 12.1 Å². The Morgan fingerprint density at radius 1 is 0.871 bits per heavy atom. The Morgan fingerprint density at radius 3 is 2.00 bits per heavy atom. The highest BCUT2D eigenvalue weighted by molar-refractivity contribution is 5.82. The van der Waals surface area contributed by atoms with Gasteiger partial charge in [-0.1, -0.05) is 6.42 Å². The van der Waals surface area contributed by atoms with Crippen molar-refractivity contribution in [1.29, 1.82) is 0 Å². The van der Waals surface area contributed by atoms with E-state index < -0.39 is 41.8 Å². The molecule has 0 aromatic heterocycles. The summed E-state index contributed by atoms with van der Waals surface area (Å²) in [6.45, 7) is 0. The molecular weight excluding hydrogens is 416 g/mol. The third kappa shape index (κ3) is 5.15. The molecule has 2 saturated heterocycles. The zero-order chi connectivity index (χ0) is 22.8. The Morgan fingerprint density at radius 2 is 1.42 bits per heavy atom. The molecule has 6 atom stereocenters. The quantitative estimate of drug-likeness (QED) is 0.274. The Balaban J connectivity index is 0.000000178. The predicted molar refractivity (Wildman–Crippen MR) is 97.9 cm³/mol. The number of carbonyl (C=O) groups is 1. The Kier molecular flexibility index (Phi) is 7.50. The molecule has 11 nitrogen and oxygen atoms in total. The average molecular weight is 446 g/mol. The topological polar surface area (TPSA) is 180 Å². The van der Waals surface area contributed by atoms with Gasteiger partial charge < -0.3 is 39.7 Å². The summed E-state index contributed by atoms with van der Waals surface area (Å²) in [6, 6.07) is 0. The molecule has 11 heteroatoms. The standard InChI is InChI=1S/C13H18O5.C6H12O4.CO2/c14-11-12(15)6-8(16-11)10-9(7-12)17-13(18-10)4-2-1-3-5-13;7-3-1-4(8)6(10)5(9)2-3;2-1-3/h8-10,15H,1-7H2;3-10H,1-2H2;/t8-,9-,10+,12-;3?,4-,5-,6?;/m11./s1. The van der Waals surface area contributed by atoms with Gasteiger partial charge in [-0.2, -0.15) is 9.59 Å². The number of carbonyl (C=O) groups excluding carboxylic acids is 3. The van der Waals surface area contributed by atoms with Crippen LogP contribution in [0.1, 0.15) is 57.8 Å². The van der Waals surface area contributed by atoms with E-state index in [9.17, 15) is 9.90 Å². The van der Waals surface area contributed by atoms with Crippen LogP contribution < -0.4 is 0 Å². The zero-order valence-electron chi connectivity index (χ0n) is 17.1. The molecule has 2 heterocycles. The Hall–Kier alpha value is -1.43. The number of fused-ring (bicyclic) bond motifs is 4. The van der Waals surface area contributed by atoms with Crippen molar-refractivity contribution in [2.75, 3.05) is 0 Å². The summed E-state index contributed by atoms with van der Waals surface area (Å²) in [5, 5.41) is 46.0. The first-order valence-corrected chi connectivity index (χ1v) is 10.6. The summed E-state index contributed by atoms with van der Waals surface area (Å²) in [5.74, 6) is -0.979. The number of rotatable bonds is 0. The van der Waals surface area contributed by atoms with E-state index in [0.717, 1.165) is 25.7 Å². The minimum Gasteiger partial charge on any atom is -0.457 e.